The molecule has 4 nitrogen and oxygen atoms in total. The van der Waals surface area contributed by atoms with Gasteiger partial charge in [-0.05, 0) is 31.0 Å². The number of imidazole rings is 1. The van der Waals surface area contributed by atoms with Crippen LogP contribution in [0.1, 0.15) is 17.0 Å². The predicted octanol–water partition coefficient (Wildman–Crippen LogP) is 2.23. The van der Waals surface area contributed by atoms with E-state index in [1.165, 1.54) is 16.8 Å². The van der Waals surface area contributed by atoms with Crippen LogP contribution in [0, 0.1) is 13.8 Å². The highest BCUT2D eigenvalue weighted by Gasteiger charge is 2.04. The zero-order chi connectivity index (χ0) is 13.7. The van der Waals surface area contributed by atoms with Crippen molar-refractivity contribution in [2.45, 2.75) is 20.4 Å². The average Bonchev–Trinajstić information content (AvgIpc) is 2.81. The number of rotatable bonds is 6. The molecule has 2 rings (SSSR count). The van der Waals surface area contributed by atoms with Crippen molar-refractivity contribution >= 4 is 0 Å². The minimum atomic E-state index is 0.741. The first-order valence-electron chi connectivity index (χ1n) is 6.52. The summed E-state index contributed by atoms with van der Waals surface area (Å²) >= 11 is 0. The van der Waals surface area contributed by atoms with E-state index in [-0.39, 0.29) is 0 Å². The third kappa shape index (κ3) is 3.43. The van der Waals surface area contributed by atoms with Gasteiger partial charge in [-0.3, -0.25) is 0 Å². The van der Waals surface area contributed by atoms with Gasteiger partial charge in [0.15, 0.2) is 0 Å². The van der Waals surface area contributed by atoms with Gasteiger partial charge in [0.1, 0.15) is 5.82 Å². The second-order valence-corrected chi connectivity index (χ2v) is 4.63. The molecule has 0 spiro atoms. The fourth-order valence-corrected chi connectivity index (χ4v) is 2.14. The Morgan fingerprint density at radius 3 is 2.79 bits per heavy atom. The molecule has 0 aliphatic heterocycles. The van der Waals surface area contributed by atoms with Gasteiger partial charge in [-0.15, -0.1) is 0 Å². The Morgan fingerprint density at radius 2 is 2.16 bits per heavy atom. The molecule has 0 radical (unpaired) electrons. The number of nitrogens with zero attached hydrogens (tertiary/aromatic N) is 2. The van der Waals surface area contributed by atoms with Gasteiger partial charge >= 0.3 is 0 Å². The van der Waals surface area contributed by atoms with Crippen LogP contribution in [0.5, 0.6) is 0 Å². The number of nitrogens with one attached hydrogen (secondary N) is 1. The molecule has 1 aromatic carbocycles. The maximum absolute atomic E-state index is 5.01. The van der Waals surface area contributed by atoms with Crippen LogP contribution in [0.2, 0.25) is 0 Å². The van der Waals surface area contributed by atoms with Crippen molar-refractivity contribution in [3.8, 4) is 5.69 Å². The van der Waals surface area contributed by atoms with Gasteiger partial charge in [0.05, 0.1) is 6.61 Å². The Kier molecular flexibility index (Phi) is 4.71. The summed E-state index contributed by atoms with van der Waals surface area (Å²) in [6.45, 7) is 6.63. The fraction of sp³-hybridized carbons (Fsp3) is 0.400. The molecule has 0 bridgehead atoms. The van der Waals surface area contributed by atoms with Gasteiger partial charge in [0, 0.05) is 38.3 Å². The highest BCUT2D eigenvalue weighted by atomic mass is 16.5. The van der Waals surface area contributed by atoms with Crippen molar-refractivity contribution in [1.82, 2.24) is 14.9 Å². The first-order chi connectivity index (χ1) is 9.22. The Balaban J connectivity index is 2.07. The highest BCUT2D eigenvalue weighted by molar-refractivity contribution is 5.43. The van der Waals surface area contributed by atoms with E-state index >= 15 is 0 Å². The SMILES string of the molecule is COCCNCc1ccc(-n2ccnc2C)c(C)c1. The van der Waals surface area contributed by atoms with Gasteiger partial charge < -0.3 is 14.6 Å². The molecule has 19 heavy (non-hydrogen) atoms. The van der Waals surface area contributed by atoms with Gasteiger partial charge in [0.2, 0.25) is 0 Å². The van der Waals surface area contributed by atoms with E-state index in [0.717, 1.165) is 25.5 Å². The van der Waals surface area contributed by atoms with Crippen LogP contribution in [0.25, 0.3) is 5.69 Å². The predicted molar refractivity (Wildman–Crippen MR) is 76.6 cm³/mol. The number of hydrogen-bond acceptors (Lipinski definition) is 3. The molecule has 0 fully saturated rings. The average molecular weight is 259 g/mol. The molecular weight excluding hydrogens is 238 g/mol. The molecular formula is C15H21N3O. The van der Waals surface area contributed by atoms with E-state index in [9.17, 15) is 0 Å². The molecule has 0 aliphatic carbocycles. The molecule has 0 saturated heterocycles. The van der Waals surface area contributed by atoms with E-state index in [1.807, 2.05) is 19.3 Å². The molecule has 0 aliphatic rings. The maximum atomic E-state index is 5.01. The molecule has 1 heterocycles. The summed E-state index contributed by atoms with van der Waals surface area (Å²) in [6, 6.07) is 6.52. The Labute approximate surface area is 114 Å². The number of methoxy groups -OCH3 is 1. The summed E-state index contributed by atoms with van der Waals surface area (Å²) in [4.78, 5) is 4.26. The normalized spacial score (nSPS) is 10.9. The largest absolute Gasteiger partial charge is 0.383 e. The van der Waals surface area contributed by atoms with Crippen LogP contribution < -0.4 is 5.32 Å². The standard InChI is InChI=1S/C15H21N3O/c1-12-10-14(11-16-7-9-19-3)4-5-15(12)18-8-6-17-13(18)2/h4-6,8,10,16H,7,9,11H2,1-3H3. The van der Waals surface area contributed by atoms with Crippen molar-refractivity contribution in [2.24, 2.45) is 0 Å². The Morgan fingerprint density at radius 1 is 1.32 bits per heavy atom. The zero-order valence-electron chi connectivity index (χ0n) is 11.8. The molecule has 1 aromatic heterocycles. The van der Waals surface area contributed by atoms with Crippen molar-refractivity contribution in [3.63, 3.8) is 0 Å². The smallest absolute Gasteiger partial charge is 0.110 e. The lowest BCUT2D eigenvalue weighted by atomic mass is 10.1. The second kappa shape index (κ2) is 6.50. The summed E-state index contributed by atoms with van der Waals surface area (Å²) in [5.41, 5.74) is 3.73. The van der Waals surface area contributed by atoms with E-state index in [1.54, 1.807) is 7.11 Å². The minimum Gasteiger partial charge on any atom is -0.383 e. The summed E-state index contributed by atoms with van der Waals surface area (Å²) < 4.78 is 7.12. The first kappa shape index (κ1) is 13.8. The van der Waals surface area contributed by atoms with E-state index in [2.05, 4.69) is 40.0 Å². The van der Waals surface area contributed by atoms with Crippen molar-refractivity contribution < 1.29 is 4.74 Å². The molecule has 0 atom stereocenters. The first-order valence-corrected chi connectivity index (χ1v) is 6.52. The fourth-order valence-electron chi connectivity index (χ4n) is 2.14. The Bertz CT molecular complexity index is 534. The third-order valence-corrected chi connectivity index (χ3v) is 3.16. The molecule has 1 N–H and O–H groups in total. The maximum Gasteiger partial charge on any atom is 0.110 e. The number of benzene rings is 1. The van der Waals surface area contributed by atoms with Crippen molar-refractivity contribution in [2.75, 3.05) is 20.3 Å². The lowest BCUT2D eigenvalue weighted by Crippen LogP contribution is -2.18. The van der Waals surface area contributed by atoms with E-state index in [0.29, 0.717) is 0 Å². The number of ether oxygens (including phenoxy) is 1. The topological polar surface area (TPSA) is 39.1 Å². The molecule has 4 heteroatoms. The summed E-state index contributed by atoms with van der Waals surface area (Å²) in [7, 11) is 1.72. The third-order valence-electron chi connectivity index (χ3n) is 3.16. The van der Waals surface area contributed by atoms with Crippen LogP contribution >= 0.6 is 0 Å². The van der Waals surface area contributed by atoms with E-state index in [4.69, 9.17) is 4.74 Å². The molecule has 0 saturated carbocycles. The van der Waals surface area contributed by atoms with Crippen LogP contribution in [-0.2, 0) is 11.3 Å². The number of hydrogen-bond donors (Lipinski definition) is 1. The Hall–Kier alpha value is -1.65. The molecule has 0 amide bonds. The molecule has 2 aromatic rings. The second-order valence-electron chi connectivity index (χ2n) is 4.63. The van der Waals surface area contributed by atoms with Crippen molar-refractivity contribution in [3.05, 3.63) is 47.5 Å². The number of aryl methyl sites for hydroxylation is 2. The van der Waals surface area contributed by atoms with Gasteiger partial charge in [-0.1, -0.05) is 12.1 Å². The summed E-state index contributed by atoms with van der Waals surface area (Å²) in [5, 5.41) is 3.35. The van der Waals surface area contributed by atoms with Gasteiger partial charge in [-0.25, -0.2) is 4.98 Å². The van der Waals surface area contributed by atoms with E-state index < -0.39 is 0 Å². The molecule has 102 valence electrons. The van der Waals surface area contributed by atoms with Gasteiger partial charge in [-0.2, -0.15) is 0 Å². The summed E-state index contributed by atoms with van der Waals surface area (Å²) in [5.74, 6) is 1.01. The van der Waals surface area contributed by atoms with Crippen LogP contribution in [0.15, 0.2) is 30.6 Å². The zero-order valence-corrected chi connectivity index (χ0v) is 11.8. The van der Waals surface area contributed by atoms with Gasteiger partial charge in [0.25, 0.3) is 0 Å². The monoisotopic (exact) mass is 259 g/mol. The highest BCUT2D eigenvalue weighted by Crippen LogP contribution is 2.17. The van der Waals surface area contributed by atoms with Crippen LogP contribution in [0.3, 0.4) is 0 Å². The number of aromatic nitrogens is 2. The lowest BCUT2D eigenvalue weighted by Gasteiger charge is -2.11. The van der Waals surface area contributed by atoms with Crippen molar-refractivity contribution in [1.29, 1.82) is 0 Å². The molecule has 0 unspecified atom stereocenters. The van der Waals surface area contributed by atoms with Crippen LogP contribution in [0.4, 0.5) is 0 Å². The quantitative estimate of drug-likeness (QED) is 0.809. The minimum absolute atomic E-state index is 0.741. The van der Waals surface area contributed by atoms with Crippen LogP contribution in [-0.4, -0.2) is 29.8 Å². The lowest BCUT2D eigenvalue weighted by molar-refractivity contribution is 0.199. The summed E-state index contributed by atoms with van der Waals surface area (Å²) in [6.07, 6.45) is 3.82.